The van der Waals surface area contributed by atoms with Crippen LogP contribution in [0, 0.1) is 0 Å². The second-order valence-electron chi connectivity index (χ2n) is 5.13. The van der Waals surface area contributed by atoms with Gasteiger partial charge in [0, 0.05) is 22.6 Å². The van der Waals surface area contributed by atoms with E-state index in [4.69, 9.17) is 9.47 Å². The summed E-state index contributed by atoms with van der Waals surface area (Å²) in [4.78, 5) is 0. The number of hydrogen-bond acceptors (Lipinski definition) is 4. The minimum absolute atomic E-state index is 0.123. The number of anilines is 1. The van der Waals surface area contributed by atoms with Crippen LogP contribution in [0.25, 0.3) is 0 Å². The molecule has 0 atom stereocenters. The van der Waals surface area contributed by atoms with E-state index in [1.165, 1.54) is 0 Å². The van der Waals surface area contributed by atoms with Crippen LogP contribution in [0.15, 0.2) is 16.6 Å². The first-order valence-corrected chi connectivity index (χ1v) is 7.55. The van der Waals surface area contributed by atoms with Crippen molar-refractivity contribution in [1.82, 2.24) is 0 Å². The zero-order chi connectivity index (χ0) is 13.2. The summed E-state index contributed by atoms with van der Waals surface area (Å²) >= 11 is 3.57. The highest BCUT2D eigenvalue weighted by atomic mass is 79.9. The fourth-order valence-corrected chi connectivity index (χ4v) is 3.05. The zero-order valence-corrected chi connectivity index (χ0v) is 12.3. The Labute approximate surface area is 121 Å². The van der Waals surface area contributed by atoms with Crippen molar-refractivity contribution < 1.29 is 14.6 Å². The predicted octanol–water partition coefficient (Wildman–Crippen LogP) is 2.94. The summed E-state index contributed by atoms with van der Waals surface area (Å²) in [6, 6.07) is 4.36. The normalized spacial score (nSPS) is 26.0. The number of ether oxygens (including phenoxy) is 2. The van der Waals surface area contributed by atoms with Gasteiger partial charge in [0.2, 0.25) is 0 Å². The van der Waals surface area contributed by atoms with Gasteiger partial charge in [0.05, 0.1) is 11.8 Å². The lowest BCUT2D eigenvalue weighted by Gasteiger charge is -2.28. The van der Waals surface area contributed by atoms with E-state index < -0.39 is 0 Å². The summed E-state index contributed by atoms with van der Waals surface area (Å²) in [5.41, 5.74) is 1.03. The van der Waals surface area contributed by atoms with Gasteiger partial charge in [-0.1, -0.05) is 0 Å². The maximum absolute atomic E-state index is 9.53. The summed E-state index contributed by atoms with van der Waals surface area (Å²) in [6.45, 7) is 1.20. The molecule has 1 aliphatic heterocycles. The molecule has 0 spiro atoms. The van der Waals surface area contributed by atoms with Gasteiger partial charge in [0.15, 0.2) is 11.5 Å². The molecule has 5 heteroatoms. The SMILES string of the molecule is OC1CCC(Nc2cc3c(cc2Br)OCCO3)CC1. The maximum Gasteiger partial charge on any atom is 0.163 e. The van der Waals surface area contributed by atoms with Crippen molar-refractivity contribution in [1.29, 1.82) is 0 Å². The molecule has 2 N–H and O–H groups in total. The number of rotatable bonds is 2. The highest BCUT2D eigenvalue weighted by Crippen LogP contribution is 2.39. The van der Waals surface area contributed by atoms with E-state index in [9.17, 15) is 5.11 Å². The molecule has 1 heterocycles. The van der Waals surface area contributed by atoms with Gasteiger partial charge in [0.25, 0.3) is 0 Å². The quantitative estimate of drug-likeness (QED) is 0.876. The van der Waals surface area contributed by atoms with E-state index in [1.807, 2.05) is 12.1 Å². The molecule has 1 aromatic carbocycles. The molecular weight excluding hydrogens is 310 g/mol. The van der Waals surface area contributed by atoms with Crippen molar-refractivity contribution in [3.8, 4) is 11.5 Å². The molecule has 0 aromatic heterocycles. The number of aliphatic hydroxyl groups excluding tert-OH is 1. The first-order valence-electron chi connectivity index (χ1n) is 6.76. The third-order valence-electron chi connectivity index (χ3n) is 3.69. The van der Waals surface area contributed by atoms with Crippen LogP contribution in [0.3, 0.4) is 0 Å². The summed E-state index contributed by atoms with van der Waals surface area (Å²) < 4.78 is 12.1. The first-order chi connectivity index (χ1) is 9.22. The fraction of sp³-hybridized carbons (Fsp3) is 0.571. The highest BCUT2D eigenvalue weighted by molar-refractivity contribution is 9.10. The summed E-state index contributed by atoms with van der Waals surface area (Å²) in [7, 11) is 0. The Hall–Kier alpha value is -0.940. The summed E-state index contributed by atoms with van der Waals surface area (Å²) in [5, 5.41) is 13.1. The molecule has 0 amide bonds. The molecule has 3 rings (SSSR count). The minimum atomic E-state index is -0.123. The summed E-state index contributed by atoms with van der Waals surface area (Å²) in [6.07, 6.45) is 3.63. The largest absolute Gasteiger partial charge is 0.486 e. The lowest BCUT2D eigenvalue weighted by atomic mass is 9.93. The van der Waals surface area contributed by atoms with E-state index in [2.05, 4.69) is 21.2 Å². The standard InChI is InChI=1S/C14H18BrNO3/c15-11-7-13-14(19-6-5-18-13)8-12(11)16-9-1-3-10(17)4-2-9/h7-10,16-17H,1-6H2. The smallest absolute Gasteiger partial charge is 0.163 e. The van der Waals surface area contributed by atoms with Crippen molar-refractivity contribution in [2.24, 2.45) is 0 Å². The van der Waals surface area contributed by atoms with Gasteiger partial charge in [-0.15, -0.1) is 0 Å². The van der Waals surface area contributed by atoms with Crippen molar-refractivity contribution in [2.45, 2.75) is 37.8 Å². The lowest BCUT2D eigenvalue weighted by molar-refractivity contribution is 0.126. The van der Waals surface area contributed by atoms with E-state index >= 15 is 0 Å². The van der Waals surface area contributed by atoms with Crippen LogP contribution in [0.1, 0.15) is 25.7 Å². The van der Waals surface area contributed by atoms with Gasteiger partial charge in [0.1, 0.15) is 13.2 Å². The molecule has 1 aliphatic carbocycles. The van der Waals surface area contributed by atoms with Crippen LogP contribution in [0.2, 0.25) is 0 Å². The van der Waals surface area contributed by atoms with Crippen LogP contribution in [-0.4, -0.2) is 30.5 Å². The Morgan fingerprint density at radius 3 is 2.37 bits per heavy atom. The Kier molecular flexibility index (Phi) is 3.84. The monoisotopic (exact) mass is 327 g/mol. The van der Waals surface area contributed by atoms with E-state index in [0.29, 0.717) is 19.3 Å². The molecule has 104 valence electrons. The van der Waals surface area contributed by atoms with Crippen LogP contribution in [0.4, 0.5) is 5.69 Å². The van der Waals surface area contributed by atoms with E-state index in [0.717, 1.165) is 47.3 Å². The zero-order valence-electron chi connectivity index (χ0n) is 10.7. The van der Waals surface area contributed by atoms with Gasteiger partial charge in [-0.3, -0.25) is 0 Å². The average Bonchev–Trinajstić information content (AvgIpc) is 2.42. The van der Waals surface area contributed by atoms with Crippen LogP contribution in [0.5, 0.6) is 11.5 Å². The average molecular weight is 328 g/mol. The van der Waals surface area contributed by atoms with Crippen molar-refractivity contribution >= 4 is 21.6 Å². The number of aliphatic hydroxyl groups is 1. The topological polar surface area (TPSA) is 50.7 Å². The van der Waals surface area contributed by atoms with Gasteiger partial charge < -0.3 is 19.9 Å². The maximum atomic E-state index is 9.53. The number of nitrogens with one attached hydrogen (secondary N) is 1. The van der Waals surface area contributed by atoms with Crippen LogP contribution >= 0.6 is 15.9 Å². The van der Waals surface area contributed by atoms with Crippen LogP contribution < -0.4 is 14.8 Å². The molecular formula is C14H18BrNO3. The van der Waals surface area contributed by atoms with Gasteiger partial charge in [-0.2, -0.15) is 0 Å². The molecule has 19 heavy (non-hydrogen) atoms. The number of fused-ring (bicyclic) bond motifs is 1. The third-order valence-corrected chi connectivity index (χ3v) is 4.34. The highest BCUT2D eigenvalue weighted by Gasteiger charge is 2.21. The molecule has 1 fully saturated rings. The first kappa shape index (κ1) is 13.1. The van der Waals surface area contributed by atoms with Crippen molar-refractivity contribution in [3.63, 3.8) is 0 Å². The third kappa shape index (κ3) is 2.98. The Morgan fingerprint density at radius 2 is 1.68 bits per heavy atom. The van der Waals surface area contributed by atoms with Gasteiger partial charge in [-0.25, -0.2) is 0 Å². The van der Waals surface area contributed by atoms with Crippen molar-refractivity contribution in [2.75, 3.05) is 18.5 Å². The molecule has 1 saturated carbocycles. The van der Waals surface area contributed by atoms with Crippen molar-refractivity contribution in [3.05, 3.63) is 16.6 Å². The number of halogens is 1. The number of hydrogen-bond donors (Lipinski definition) is 2. The second-order valence-corrected chi connectivity index (χ2v) is 5.98. The molecule has 0 radical (unpaired) electrons. The summed E-state index contributed by atoms with van der Waals surface area (Å²) in [5.74, 6) is 1.59. The predicted molar refractivity (Wildman–Crippen MR) is 77.0 cm³/mol. The Morgan fingerprint density at radius 1 is 1.05 bits per heavy atom. The minimum Gasteiger partial charge on any atom is -0.486 e. The molecule has 0 bridgehead atoms. The molecule has 0 saturated heterocycles. The lowest BCUT2D eigenvalue weighted by Crippen LogP contribution is -2.28. The van der Waals surface area contributed by atoms with Gasteiger partial charge >= 0.3 is 0 Å². The molecule has 2 aliphatic rings. The number of benzene rings is 1. The molecule has 0 unspecified atom stereocenters. The van der Waals surface area contributed by atoms with E-state index in [-0.39, 0.29) is 6.10 Å². The Bertz CT molecular complexity index is 458. The molecule has 1 aromatic rings. The van der Waals surface area contributed by atoms with Gasteiger partial charge in [-0.05, 0) is 41.6 Å². The Balaban J connectivity index is 1.73. The molecule has 4 nitrogen and oxygen atoms in total. The van der Waals surface area contributed by atoms with E-state index in [1.54, 1.807) is 0 Å². The van der Waals surface area contributed by atoms with Crippen LogP contribution in [-0.2, 0) is 0 Å². The second kappa shape index (κ2) is 5.59. The fourth-order valence-electron chi connectivity index (χ4n) is 2.61.